The molecule has 2 heterocycles. The Morgan fingerprint density at radius 3 is 2.62 bits per heavy atom. The van der Waals surface area contributed by atoms with Gasteiger partial charge in [0.1, 0.15) is 6.67 Å². The molecule has 1 aromatic carbocycles. The molecule has 0 spiro atoms. The fourth-order valence-corrected chi connectivity index (χ4v) is 3.60. The zero-order valence-corrected chi connectivity index (χ0v) is 13.4. The summed E-state index contributed by atoms with van der Waals surface area (Å²) in [4.78, 5) is 15.7. The van der Waals surface area contributed by atoms with Crippen molar-refractivity contribution in [2.24, 2.45) is 0 Å². The Morgan fingerprint density at radius 2 is 2.00 bits per heavy atom. The molecule has 1 saturated heterocycles. The highest BCUT2D eigenvalue weighted by atomic mass is 19.4. The van der Waals surface area contributed by atoms with Crippen molar-refractivity contribution in [3.8, 4) is 0 Å². The molecule has 3 rings (SSSR count). The maximum Gasteiger partial charge on any atom is 0.417 e. The third-order valence-electron chi connectivity index (χ3n) is 4.69. The standard InChI is InChI=1S/C17H18F4N2O/c1-16(2)6-5-11(9-18)23(16)10-3-4-14-12(7-10)13(17(19,20)21)8-15(24)22-14/h3-4,7-8,11H,5-6,9H2,1-2H3,(H,22,24)/t11-/m1/s1. The van der Waals surface area contributed by atoms with E-state index in [0.29, 0.717) is 18.2 Å². The predicted molar refractivity (Wildman–Crippen MR) is 85.1 cm³/mol. The van der Waals surface area contributed by atoms with Crippen LogP contribution in [-0.2, 0) is 6.18 Å². The molecule has 1 fully saturated rings. The Balaban J connectivity index is 2.21. The molecule has 3 nitrogen and oxygen atoms in total. The number of nitrogens with one attached hydrogen (secondary N) is 1. The van der Waals surface area contributed by atoms with Crippen LogP contribution in [0.1, 0.15) is 32.3 Å². The zero-order valence-electron chi connectivity index (χ0n) is 13.4. The Hall–Kier alpha value is -2.05. The third kappa shape index (κ3) is 2.76. The molecule has 1 aliphatic heterocycles. The van der Waals surface area contributed by atoms with E-state index < -0.39 is 24.0 Å². The van der Waals surface area contributed by atoms with Crippen LogP contribution in [0.4, 0.5) is 23.2 Å². The second-order valence-corrected chi connectivity index (χ2v) is 6.80. The van der Waals surface area contributed by atoms with E-state index in [9.17, 15) is 22.4 Å². The SMILES string of the molecule is CC1(C)CC[C@H](CF)N1c1ccc2[nH]c(=O)cc(C(F)(F)F)c2c1. The van der Waals surface area contributed by atoms with Gasteiger partial charge in [-0.2, -0.15) is 13.2 Å². The summed E-state index contributed by atoms with van der Waals surface area (Å²) in [6.45, 7) is 3.34. The van der Waals surface area contributed by atoms with E-state index in [1.165, 1.54) is 12.1 Å². The number of aromatic nitrogens is 1. The smallest absolute Gasteiger partial charge is 0.361 e. The van der Waals surface area contributed by atoms with Crippen LogP contribution in [0.3, 0.4) is 0 Å². The Morgan fingerprint density at radius 1 is 1.29 bits per heavy atom. The first kappa shape index (κ1) is 16.8. The summed E-state index contributed by atoms with van der Waals surface area (Å²) in [6.07, 6.45) is -3.22. The predicted octanol–water partition coefficient (Wildman–Crippen LogP) is 4.26. The first-order chi connectivity index (χ1) is 11.1. The summed E-state index contributed by atoms with van der Waals surface area (Å²) < 4.78 is 53.2. The van der Waals surface area contributed by atoms with Gasteiger partial charge in [-0.15, -0.1) is 0 Å². The van der Waals surface area contributed by atoms with Gasteiger partial charge in [0.05, 0.1) is 11.6 Å². The van der Waals surface area contributed by atoms with E-state index in [4.69, 9.17) is 0 Å². The molecule has 1 atom stereocenters. The van der Waals surface area contributed by atoms with Crippen LogP contribution in [0.15, 0.2) is 29.1 Å². The number of benzene rings is 1. The van der Waals surface area contributed by atoms with Crippen molar-refractivity contribution >= 4 is 16.6 Å². The molecule has 0 saturated carbocycles. The zero-order chi connectivity index (χ0) is 17.7. The third-order valence-corrected chi connectivity index (χ3v) is 4.69. The number of rotatable bonds is 2. The Bertz CT molecular complexity index is 825. The summed E-state index contributed by atoms with van der Waals surface area (Å²) in [7, 11) is 0. The van der Waals surface area contributed by atoms with Gasteiger partial charge in [0, 0.05) is 28.2 Å². The van der Waals surface area contributed by atoms with Crippen LogP contribution in [0.2, 0.25) is 0 Å². The van der Waals surface area contributed by atoms with Crippen molar-refractivity contribution in [2.75, 3.05) is 11.6 Å². The molecule has 0 bridgehead atoms. The molecule has 24 heavy (non-hydrogen) atoms. The van der Waals surface area contributed by atoms with Gasteiger partial charge < -0.3 is 9.88 Å². The molecule has 0 amide bonds. The summed E-state index contributed by atoms with van der Waals surface area (Å²) in [5, 5.41) is -0.0834. The summed E-state index contributed by atoms with van der Waals surface area (Å²) >= 11 is 0. The van der Waals surface area contributed by atoms with Crippen molar-refractivity contribution in [2.45, 2.75) is 44.4 Å². The Kier molecular flexibility index (Phi) is 3.85. The van der Waals surface area contributed by atoms with Gasteiger partial charge in [0.2, 0.25) is 5.56 Å². The molecule has 2 aromatic rings. The van der Waals surface area contributed by atoms with Crippen LogP contribution >= 0.6 is 0 Å². The first-order valence-corrected chi connectivity index (χ1v) is 7.73. The van der Waals surface area contributed by atoms with Crippen LogP contribution in [0, 0.1) is 0 Å². The number of aromatic amines is 1. The van der Waals surface area contributed by atoms with Crippen LogP contribution in [0.25, 0.3) is 10.9 Å². The lowest BCUT2D eigenvalue weighted by atomic mass is 10.0. The van der Waals surface area contributed by atoms with Gasteiger partial charge in [-0.3, -0.25) is 4.79 Å². The second kappa shape index (κ2) is 5.50. The topological polar surface area (TPSA) is 36.1 Å². The maximum absolute atomic E-state index is 13.3. The fourth-order valence-electron chi connectivity index (χ4n) is 3.60. The Labute approximate surface area is 136 Å². The number of hydrogen-bond donors (Lipinski definition) is 1. The lowest BCUT2D eigenvalue weighted by Gasteiger charge is -2.37. The van der Waals surface area contributed by atoms with E-state index in [1.54, 1.807) is 6.07 Å². The number of pyridine rings is 1. The van der Waals surface area contributed by atoms with E-state index in [0.717, 1.165) is 6.42 Å². The minimum Gasteiger partial charge on any atom is -0.361 e. The van der Waals surface area contributed by atoms with Gasteiger partial charge in [0.15, 0.2) is 0 Å². The number of H-pyrrole nitrogens is 1. The lowest BCUT2D eigenvalue weighted by molar-refractivity contribution is -0.136. The molecule has 0 radical (unpaired) electrons. The van der Waals surface area contributed by atoms with E-state index in [2.05, 4.69) is 4.98 Å². The molecular weight excluding hydrogens is 324 g/mol. The number of fused-ring (bicyclic) bond motifs is 1. The minimum absolute atomic E-state index is 0.0834. The number of halogens is 4. The van der Waals surface area contributed by atoms with Gasteiger partial charge in [-0.05, 0) is 44.9 Å². The summed E-state index contributed by atoms with van der Waals surface area (Å²) in [5.41, 5.74) is -1.47. The van der Waals surface area contributed by atoms with Crippen molar-refractivity contribution < 1.29 is 17.6 Å². The highest BCUT2D eigenvalue weighted by molar-refractivity contribution is 5.86. The highest BCUT2D eigenvalue weighted by Crippen LogP contribution is 2.40. The number of anilines is 1. The van der Waals surface area contributed by atoms with Gasteiger partial charge >= 0.3 is 6.18 Å². The molecule has 1 aliphatic rings. The molecule has 7 heteroatoms. The largest absolute Gasteiger partial charge is 0.417 e. The molecule has 1 aromatic heterocycles. The average molecular weight is 342 g/mol. The fraction of sp³-hybridized carbons (Fsp3) is 0.471. The lowest BCUT2D eigenvalue weighted by Crippen LogP contribution is -2.44. The molecular formula is C17H18F4N2O. The molecule has 130 valence electrons. The first-order valence-electron chi connectivity index (χ1n) is 7.73. The van der Waals surface area contributed by atoms with Crippen molar-refractivity contribution in [1.82, 2.24) is 4.98 Å². The van der Waals surface area contributed by atoms with E-state index >= 15 is 0 Å². The second-order valence-electron chi connectivity index (χ2n) is 6.80. The summed E-state index contributed by atoms with van der Waals surface area (Å²) in [5.74, 6) is 0. The number of alkyl halides is 4. The van der Waals surface area contributed by atoms with Crippen LogP contribution < -0.4 is 10.5 Å². The average Bonchev–Trinajstić information content (AvgIpc) is 2.79. The highest BCUT2D eigenvalue weighted by Gasteiger charge is 2.40. The number of hydrogen-bond acceptors (Lipinski definition) is 2. The van der Waals surface area contributed by atoms with Gasteiger partial charge in [0.25, 0.3) is 0 Å². The number of nitrogens with zero attached hydrogens (tertiary/aromatic N) is 1. The van der Waals surface area contributed by atoms with Gasteiger partial charge in [-0.25, -0.2) is 4.39 Å². The van der Waals surface area contributed by atoms with E-state index in [1.807, 2.05) is 18.7 Å². The minimum atomic E-state index is -4.63. The summed E-state index contributed by atoms with van der Waals surface area (Å²) in [6, 6.07) is 4.69. The van der Waals surface area contributed by atoms with Crippen molar-refractivity contribution in [1.29, 1.82) is 0 Å². The molecule has 0 unspecified atom stereocenters. The van der Waals surface area contributed by atoms with Crippen LogP contribution in [0.5, 0.6) is 0 Å². The van der Waals surface area contributed by atoms with E-state index in [-0.39, 0.29) is 22.5 Å². The van der Waals surface area contributed by atoms with Crippen molar-refractivity contribution in [3.05, 3.63) is 40.2 Å². The normalized spacial score (nSPS) is 20.8. The molecule has 1 N–H and O–H groups in total. The van der Waals surface area contributed by atoms with Crippen LogP contribution in [-0.4, -0.2) is 23.2 Å². The molecule has 0 aliphatic carbocycles. The van der Waals surface area contributed by atoms with Crippen molar-refractivity contribution in [3.63, 3.8) is 0 Å². The quantitative estimate of drug-likeness (QED) is 0.828. The maximum atomic E-state index is 13.3. The monoisotopic (exact) mass is 342 g/mol. The van der Waals surface area contributed by atoms with Gasteiger partial charge in [-0.1, -0.05) is 0 Å².